The molecule has 196 valence electrons. The summed E-state index contributed by atoms with van der Waals surface area (Å²) in [7, 11) is 4.55. The molecule has 0 fully saturated rings. The third kappa shape index (κ3) is 5.76. The normalized spacial score (nSPS) is 11.1. The Bertz CT molecular complexity index is 1560. The van der Waals surface area contributed by atoms with E-state index in [1.165, 1.54) is 32.1 Å². The summed E-state index contributed by atoms with van der Waals surface area (Å²) < 4.78 is 17.4. The van der Waals surface area contributed by atoms with Crippen LogP contribution in [0.5, 0.6) is 17.2 Å². The summed E-state index contributed by atoms with van der Waals surface area (Å²) in [5.41, 5.74) is 4.81. The lowest BCUT2D eigenvalue weighted by Crippen LogP contribution is -2.24. The Morgan fingerprint density at radius 3 is 2.47 bits per heavy atom. The van der Waals surface area contributed by atoms with Crippen molar-refractivity contribution in [2.24, 2.45) is 5.10 Å². The van der Waals surface area contributed by atoms with Crippen LogP contribution in [0.4, 0.5) is 0 Å². The number of hydrogen-bond donors (Lipinski definition) is 1. The van der Waals surface area contributed by atoms with Gasteiger partial charge in [0.25, 0.3) is 11.5 Å². The number of carbonyl (C=O) groups is 1. The molecule has 38 heavy (non-hydrogen) atoms. The number of thioether (sulfide) groups is 1. The Morgan fingerprint density at radius 2 is 1.79 bits per heavy atom. The molecule has 1 heterocycles. The van der Waals surface area contributed by atoms with Gasteiger partial charge in [0.15, 0.2) is 16.7 Å². The van der Waals surface area contributed by atoms with Gasteiger partial charge in [-0.1, -0.05) is 41.6 Å². The molecule has 0 atom stereocenters. The summed E-state index contributed by atoms with van der Waals surface area (Å²) in [6.45, 7) is 1.91. The molecule has 1 amide bonds. The van der Waals surface area contributed by atoms with Crippen molar-refractivity contribution in [1.29, 1.82) is 0 Å². The highest BCUT2D eigenvalue weighted by atomic mass is 35.5. The lowest BCUT2D eigenvalue weighted by Gasteiger charge is -2.14. The van der Waals surface area contributed by atoms with E-state index < -0.39 is 0 Å². The second-order valence-electron chi connectivity index (χ2n) is 8.05. The van der Waals surface area contributed by atoms with E-state index in [2.05, 4.69) is 15.5 Å². The number of halogens is 1. The Balaban J connectivity index is 1.56. The second kappa shape index (κ2) is 12.0. The quantitative estimate of drug-likeness (QED) is 0.140. The molecule has 4 aromatic rings. The minimum Gasteiger partial charge on any atom is -0.493 e. The van der Waals surface area contributed by atoms with E-state index in [1.54, 1.807) is 42.5 Å². The molecule has 1 N–H and O–H groups in total. The molecule has 11 heteroatoms. The Kier molecular flexibility index (Phi) is 8.55. The highest BCUT2D eigenvalue weighted by molar-refractivity contribution is 7.99. The van der Waals surface area contributed by atoms with E-state index in [4.69, 9.17) is 25.8 Å². The first-order chi connectivity index (χ1) is 18.4. The van der Waals surface area contributed by atoms with E-state index in [9.17, 15) is 9.59 Å². The lowest BCUT2D eigenvalue weighted by molar-refractivity contribution is -0.118. The number of rotatable bonds is 9. The second-order valence-corrected chi connectivity index (χ2v) is 9.40. The maximum atomic E-state index is 13.4. The van der Waals surface area contributed by atoms with Crippen LogP contribution in [0.15, 0.2) is 69.6 Å². The summed E-state index contributed by atoms with van der Waals surface area (Å²) in [4.78, 5) is 30.7. The van der Waals surface area contributed by atoms with Crippen LogP contribution < -0.4 is 25.2 Å². The molecular weight excluding hydrogens is 528 g/mol. The molecular formula is C27H25ClN4O5S. The van der Waals surface area contributed by atoms with Crippen LogP contribution >= 0.6 is 23.4 Å². The minimum absolute atomic E-state index is 0.0409. The first-order valence-electron chi connectivity index (χ1n) is 11.4. The highest BCUT2D eigenvalue weighted by Crippen LogP contribution is 2.37. The van der Waals surface area contributed by atoms with Crippen molar-refractivity contribution >= 4 is 46.4 Å². The Labute approximate surface area is 228 Å². The predicted octanol–water partition coefficient (Wildman–Crippen LogP) is 4.62. The van der Waals surface area contributed by atoms with Gasteiger partial charge >= 0.3 is 0 Å². The minimum atomic E-state index is -0.386. The number of amides is 1. The number of hydrazone groups is 1. The predicted molar refractivity (Wildman–Crippen MR) is 150 cm³/mol. The fourth-order valence-corrected chi connectivity index (χ4v) is 4.73. The first-order valence-corrected chi connectivity index (χ1v) is 12.8. The van der Waals surface area contributed by atoms with Crippen LogP contribution in [0.3, 0.4) is 0 Å². The summed E-state index contributed by atoms with van der Waals surface area (Å²) in [5, 5.41) is 5.22. The number of fused-ring (bicyclic) bond motifs is 1. The number of carbonyl (C=O) groups excluding carboxylic acids is 1. The summed E-state index contributed by atoms with van der Waals surface area (Å²) in [5.74, 6) is 0.953. The molecule has 4 rings (SSSR count). The number of ether oxygens (including phenoxy) is 3. The average molecular weight is 553 g/mol. The maximum Gasteiger partial charge on any atom is 0.266 e. The monoisotopic (exact) mass is 552 g/mol. The van der Waals surface area contributed by atoms with Crippen LogP contribution in [-0.4, -0.2) is 48.8 Å². The van der Waals surface area contributed by atoms with Gasteiger partial charge in [-0.15, -0.1) is 0 Å². The van der Waals surface area contributed by atoms with Gasteiger partial charge in [0.1, 0.15) is 0 Å². The van der Waals surface area contributed by atoms with Crippen LogP contribution in [0.2, 0.25) is 5.02 Å². The third-order valence-electron chi connectivity index (χ3n) is 5.51. The molecule has 1 aromatic heterocycles. The van der Waals surface area contributed by atoms with Crippen LogP contribution in [0, 0.1) is 6.92 Å². The Hall–Kier alpha value is -4.02. The zero-order chi connectivity index (χ0) is 27.2. The number of nitrogens with one attached hydrogen (secondary N) is 1. The molecule has 0 bridgehead atoms. The van der Waals surface area contributed by atoms with Crippen molar-refractivity contribution in [3.8, 4) is 22.9 Å². The number of aryl methyl sites for hydroxylation is 1. The van der Waals surface area contributed by atoms with E-state index in [0.29, 0.717) is 49.6 Å². The molecule has 0 aliphatic heterocycles. The van der Waals surface area contributed by atoms with Gasteiger partial charge in [-0.2, -0.15) is 5.10 Å². The van der Waals surface area contributed by atoms with Gasteiger partial charge in [0.2, 0.25) is 5.75 Å². The standard InChI is InChI=1S/C27H25ClN4O5S/c1-16-9-10-19(28)21(11-16)32-26(34)18-7-5-6-8-20(18)30-27(32)38-15-24(33)31-29-14-17-12-22(35-2)25(37-4)23(13-17)36-3/h5-14H,15H2,1-4H3,(H,31,33)/b29-14-. The summed E-state index contributed by atoms with van der Waals surface area (Å²) >= 11 is 7.56. The van der Waals surface area contributed by atoms with Crippen LogP contribution in [-0.2, 0) is 4.79 Å². The van der Waals surface area contributed by atoms with E-state index in [1.807, 2.05) is 19.1 Å². The van der Waals surface area contributed by atoms with Gasteiger partial charge in [-0.25, -0.2) is 10.4 Å². The molecule has 0 saturated carbocycles. The largest absolute Gasteiger partial charge is 0.493 e. The zero-order valence-electron chi connectivity index (χ0n) is 21.1. The van der Waals surface area contributed by atoms with Gasteiger partial charge < -0.3 is 14.2 Å². The Morgan fingerprint density at radius 1 is 1.08 bits per heavy atom. The molecule has 0 aliphatic carbocycles. The lowest BCUT2D eigenvalue weighted by atomic mass is 10.2. The van der Waals surface area contributed by atoms with E-state index in [-0.39, 0.29) is 17.2 Å². The molecule has 0 unspecified atom stereocenters. The van der Waals surface area contributed by atoms with Crippen molar-refractivity contribution in [1.82, 2.24) is 15.0 Å². The number of benzene rings is 3. The summed E-state index contributed by atoms with van der Waals surface area (Å²) in [6.07, 6.45) is 1.46. The average Bonchev–Trinajstić information content (AvgIpc) is 2.93. The van der Waals surface area contributed by atoms with Crippen molar-refractivity contribution < 1.29 is 19.0 Å². The van der Waals surface area contributed by atoms with Crippen LogP contribution in [0.1, 0.15) is 11.1 Å². The van der Waals surface area contributed by atoms with E-state index in [0.717, 1.165) is 17.3 Å². The fraction of sp³-hybridized carbons (Fsp3) is 0.185. The number of nitrogens with zero attached hydrogens (tertiary/aromatic N) is 3. The molecule has 0 radical (unpaired) electrons. The third-order valence-corrected chi connectivity index (χ3v) is 6.77. The molecule has 9 nitrogen and oxygen atoms in total. The number of aromatic nitrogens is 2. The van der Waals surface area contributed by atoms with E-state index >= 15 is 0 Å². The van der Waals surface area contributed by atoms with Gasteiger partial charge in [-0.3, -0.25) is 14.2 Å². The SMILES string of the molecule is COc1cc(/C=N\NC(=O)CSc2nc3ccccc3c(=O)n2-c2cc(C)ccc2Cl)cc(OC)c1OC. The first kappa shape index (κ1) is 27.0. The fourth-order valence-electron chi connectivity index (χ4n) is 3.73. The maximum absolute atomic E-state index is 13.4. The molecule has 0 saturated heterocycles. The topological polar surface area (TPSA) is 104 Å². The van der Waals surface area contributed by atoms with Crippen molar-refractivity contribution in [2.75, 3.05) is 27.1 Å². The highest BCUT2D eigenvalue weighted by Gasteiger charge is 2.17. The number of para-hydroxylation sites is 1. The van der Waals surface area contributed by atoms with Crippen molar-refractivity contribution in [2.45, 2.75) is 12.1 Å². The zero-order valence-corrected chi connectivity index (χ0v) is 22.7. The summed E-state index contributed by atoms with van der Waals surface area (Å²) in [6, 6.07) is 15.9. The number of methoxy groups -OCH3 is 3. The molecule has 0 aliphatic rings. The molecule has 0 spiro atoms. The van der Waals surface area contributed by atoms with Crippen molar-refractivity contribution in [3.63, 3.8) is 0 Å². The van der Waals surface area contributed by atoms with Gasteiger partial charge in [0.05, 0.1) is 54.9 Å². The van der Waals surface area contributed by atoms with Crippen LogP contribution in [0.25, 0.3) is 16.6 Å². The molecule has 3 aromatic carbocycles. The van der Waals surface area contributed by atoms with Gasteiger partial charge in [0, 0.05) is 5.56 Å². The number of hydrogen-bond acceptors (Lipinski definition) is 8. The van der Waals surface area contributed by atoms with Crippen molar-refractivity contribution in [3.05, 3.63) is 81.1 Å². The smallest absolute Gasteiger partial charge is 0.266 e. The van der Waals surface area contributed by atoms with Gasteiger partial charge in [-0.05, 0) is 48.9 Å².